The van der Waals surface area contributed by atoms with Crippen molar-refractivity contribution in [1.82, 2.24) is 40.2 Å². The van der Waals surface area contributed by atoms with Crippen molar-refractivity contribution in [2.24, 2.45) is 5.41 Å². The van der Waals surface area contributed by atoms with Crippen molar-refractivity contribution in [2.75, 3.05) is 104 Å². The number of aromatic nitrogens is 2. The van der Waals surface area contributed by atoms with Crippen molar-refractivity contribution in [2.45, 2.75) is 77.9 Å². The molecule has 3 aliphatic heterocycles. The SMILES string of the molecule is Cc1ncsc1-c1ccc([C@H](C)NC(=O)[C@@H]2C[C@@H](O)CN2C(=O)[C@@H](NC(=O)COCCOCCOCCN2CCN(CCOCC#Cc3cccc4c3C(=O)N(C(C(=O)Nc3nccs3)c3cc(F)ccc3O)C4)CC2)C(C)(C)C)cc1. The normalized spacial score (nSPS) is 17.7. The number of phenolic OH excluding ortho intramolecular Hbond substituents is 1. The van der Waals surface area contributed by atoms with E-state index in [1.807, 2.05) is 64.4 Å². The number of benzene rings is 3. The molecule has 2 aromatic heterocycles. The Bertz CT molecular complexity index is 3050. The first-order valence-electron chi connectivity index (χ1n) is 27.4. The van der Waals surface area contributed by atoms with E-state index < -0.39 is 59.1 Å². The van der Waals surface area contributed by atoms with E-state index in [-0.39, 0.29) is 69.2 Å². The lowest BCUT2D eigenvalue weighted by atomic mass is 9.85. The molecule has 23 heteroatoms. The number of likely N-dealkylation sites (tertiary alicyclic amines) is 1. The van der Waals surface area contributed by atoms with Crippen LogP contribution in [-0.4, -0.2) is 186 Å². The maximum Gasteiger partial charge on any atom is 0.256 e. The molecule has 2 fully saturated rings. The van der Waals surface area contributed by atoms with Gasteiger partial charge in [0, 0.05) is 81.5 Å². The van der Waals surface area contributed by atoms with Crippen LogP contribution in [-0.2, 0) is 44.7 Å². The van der Waals surface area contributed by atoms with E-state index in [0.29, 0.717) is 48.2 Å². The highest BCUT2D eigenvalue weighted by Gasteiger charge is 2.45. The summed E-state index contributed by atoms with van der Waals surface area (Å²) in [7, 11) is 0. The van der Waals surface area contributed by atoms with Gasteiger partial charge < -0.3 is 49.6 Å². The Kier molecular flexibility index (Phi) is 21.7. The van der Waals surface area contributed by atoms with Crippen LogP contribution in [0, 0.1) is 30.0 Å². The molecule has 3 aromatic carbocycles. The average molecular weight is 1170 g/mol. The Morgan fingerprint density at radius 1 is 0.878 bits per heavy atom. The standard InChI is InChI=1S/C59H72FN9O11S2/c1-38(40-11-13-42(14-12-40)52-39(2)62-37-82-52)63-54(73)47-33-45(70)35-68(47)57(76)53(59(3,4)5)64-49(72)36-80-30-29-79-28-27-78-26-23-67-20-18-66(19-21-67)22-25-77-24-7-10-41-8-6-9-43-34-69(56(75)50(41)43)51(46-32-44(60)15-16-48(46)71)55(74)65-58-61-17-31-81-58/h6,8-9,11-17,31-32,37-38,45,47,51,53,70-71H,18-30,33-36H2,1-5H3,(H,63,73)(H,64,72)(H,61,65,74)/t38-,45+,47-,51?,53+/m0/s1. The first-order chi connectivity index (χ1) is 39.4. The molecule has 5 amide bonds. The number of thiazole rings is 2. The lowest BCUT2D eigenvalue weighted by molar-refractivity contribution is -0.144. The summed E-state index contributed by atoms with van der Waals surface area (Å²) in [5.74, 6) is 2.65. The number of carbonyl (C=O) groups is 5. The number of piperazine rings is 1. The Labute approximate surface area is 485 Å². The summed E-state index contributed by atoms with van der Waals surface area (Å²) in [5, 5.41) is 31.8. The van der Waals surface area contributed by atoms with E-state index in [1.54, 1.807) is 34.9 Å². The number of carbonyl (C=O) groups excluding carboxylic acids is 5. The van der Waals surface area contributed by atoms with Crippen molar-refractivity contribution in [3.8, 4) is 28.0 Å². The number of amides is 5. The largest absolute Gasteiger partial charge is 0.508 e. The summed E-state index contributed by atoms with van der Waals surface area (Å²) in [6.07, 6.45) is 0.713. The summed E-state index contributed by atoms with van der Waals surface area (Å²) in [6, 6.07) is 12.9. The first-order valence-corrected chi connectivity index (χ1v) is 29.2. The minimum absolute atomic E-state index is 0.0303. The van der Waals surface area contributed by atoms with E-state index in [0.717, 1.165) is 79.2 Å². The van der Waals surface area contributed by atoms with Gasteiger partial charge in [0.05, 0.1) is 73.4 Å². The lowest BCUT2D eigenvalue weighted by Gasteiger charge is -2.35. The number of hydrogen-bond acceptors (Lipinski definition) is 17. The predicted octanol–water partition coefficient (Wildman–Crippen LogP) is 5.16. The van der Waals surface area contributed by atoms with Gasteiger partial charge in [-0.15, -0.1) is 22.7 Å². The fourth-order valence-electron chi connectivity index (χ4n) is 10.1. The second kappa shape index (κ2) is 29.0. The number of nitrogens with one attached hydrogen (secondary N) is 3. The number of β-amino-alcohol motifs (C(OH)–C–C–N with tert-alkyl or cyclic N) is 1. The molecule has 20 nitrogen and oxygen atoms in total. The molecule has 0 aliphatic carbocycles. The number of hydrogen-bond donors (Lipinski definition) is 5. The first kappa shape index (κ1) is 61.4. The van der Waals surface area contributed by atoms with Crippen LogP contribution in [0.5, 0.6) is 5.75 Å². The fourth-order valence-corrected chi connectivity index (χ4v) is 11.4. The van der Waals surface area contributed by atoms with Crippen molar-refractivity contribution >= 4 is 57.3 Å². The van der Waals surface area contributed by atoms with Crippen molar-refractivity contribution in [3.63, 3.8) is 0 Å². The smallest absolute Gasteiger partial charge is 0.256 e. The topological polar surface area (TPSA) is 238 Å². The molecule has 3 aliphatic rings. The molecule has 0 spiro atoms. The van der Waals surface area contributed by atoms with Crippen LogP contribution < -0.4 is 16.0 Å². The zero-order chi connectivity index (χ0) is 58.3. The quantitative estimate of drug-likeness (QED) is 0.0375. The minimum Gasteiger partial charge on any atom is -0.508 e. The second-order valence-corrected chi connectivity index (χ2v) is 23.2. The second-order valence-electron chi connectivity index (χ2n) is 21.4. The molecule has 5 heterocycles. The third-order valence-corrected chi connectivity index (χ3v) is 16.1. The minimum atomic E-state index is -1.35. The maximum absolute atomic E-state index is 14.4. The molecule has 1 unspecified atom stereocenters. The summed E-state index contributed by atoms with van der Waals surface area (Å²) in [5.41, 5.74) is 5.40. The molecule has 8 rings (SSSR count). The number of phenols is 1. The molecule has 5 N–H and O–H groups in total. The summed E-state index contributed by atoms with van der Waals surface area (Å²) < 4.78 is 37.3. The summed E-state index contributed by atoms with van der Waals surface area (Å²) >= 11 is 2.76. The van der Waals surface area contributed by atoms with Gasteiger partial charge in [-0.05, 0) is 60.2 Å². The third-order valence-electron chi connectivity index (χ3n) is 14.5. The van der Waals surface area contributed by atoms with Crippen LogP contribution in [0.3, 0.4) is 0 Å². The van der Waals surface area contributed by atoms with E-state index in [4.69, 9.17) is 18.9 Å². The molecule has 5 aromatic rings. The van der Waals surface area contributed by atoms with Gasteiger partial charge in [-0.25, -0.2) is 14.4 Å². The van der Waals surface area contributed by atoms with Crippen LogP contribution in [0.25, 0.3) is 10.4 Å². The van der Waals surface area contributed by atoms with E-state index in [9.17, 15) is 38.6 Å². The Morgan fingerprint density at radius 2 is 1.57 bits per heavy atom. The van der Waals surface area contributed by atoms with Gasteiger partial charge in [-0.1, -0.05) is 69.0 Å². The van der Waals surface area contributed by atoms with E-state index in [2.05, 4.69) is 47.6 Å². The van der Waals surface area contributed by atoms with Crippen LogP contribution in [0.1, 0.15) is 84.5 Å². The Hall–Kier alpha value is -6.72. The van der Waals surface area contributed by atoms with E-state index in [1.165, 1.54) is 27.3 Å². The van der Waals surface area contributed by atoms with Gasteiger partial charge in [0.2, 0.25) is 17.7 Å². The Balaban J connectivity index is 0.667. The van der Waals surface area contributed by atoms with Crippen LogP contribution in [0.2, 0.25) is 0 Å². The van der Waals surface area contributed by atoms with Crippen molar-refractivity contribution in [1.29, 1.82) is 0 Å². The molecular weight excluding hydrogens is 1090 g/mol. The van der Waals surface area contributed by atoms with Gasteiger partial charge in [0.25, 0.3) is 11.8 Å². The number of aliphatic hydroxyl groups is 1. The monoisotopic (exact) mass is 1170 g/mol. The van der Waals surface area contributed by atoms with Crippen LogP contribution in [0.4, 0.5) is 9.52 Å². The van der Waals surface area contributed by atoms with Crippen LogP contribution in [0.15, 0.2) is 77.8 Å². The highest BCUT2D eigenvalue weighted by Crippen LogP contribution is 2.38. The van der Waals surface area contributed by atoms with Gasteiger partial charge in [0.1, 0.15) is 42.9 Å². The molecular formula is C59H72FN9O11S2. The fraction of sp³-hybridized carbons (Fsp3) is 0.475. The molecule has 0 saturated carbocycles. The van der Waals surface area contributed by atoms with Crippen molar-refractivity contribution < 1.29 is 57.5 Å². The number of anilines is 1. The highest BCUT2D eigenvalue weighted by atomic mass is 32.1. The number of aromatic hydroxyl groups is 1. The molecule has 0 bridgehead atoms. The van der Waals surface area contributed by atoms with Gasteiger partial charge in [-0.3, -0.25) is 39.1 Å². The molecule has 5 atom stereocenters. The zero-order valence-corrected chi connectivity index (χ0v) is 48.5. The maximum atomic E-state index is 14.4. The molecule has 438 valence electrons. The number of ether oxygens (including phenoxy) is 4. The van der Waals surface area contributed by atoms with Gasteiger partial charge >= 0.3 is 0 Å². The highest BCUT2D eigenvalue weighted by molar-refractivity contribution is 7.14. The summed E-state index contributed by atoms with van der Waals surface area (Å²) in [6.45, 7) is 16.4. The lowest BCUT2D eigenvalue weighted by Crippen LogP contribution is -2.58. The number of nitrogens with zero attached hydrogens (tertiary/aromatic N) is 6. The zero-order valence-electron chi connectivity index (χ0n) is 46.9. The molecule has 2 saturated heterocycles. The number of rotatable bonds is 25. The van der Waals surface area contributed by atoms with Gasteiger partial charge in [0.15, 0.2) is 5.13 Å². The number of halogens is 1. The molecule has 82 heavy (non-hydrogen) atoms. The molecule has 0 radical (unpaired) electrons. The number of aliphatic hydroxyl groups excluding tert-OH is 1. The van der Waals surface area contributed by atoms with Crippen molar-refractivity contribution in [3.05, 3.63) is 117 Å². The Morgan fingerprint density at radius 3 is 2.24 bits per heavy atom. The number of fused-ring (bicyclic) bond motifs is 1. The third kappa shape index (κ3) is 16.3. The summed E-state index contributed by atoms with van der Waals surface area (Å²) in [4.78, 5) is 85.3. The van der Waals surface area contributed by atoms with Gasteiger partial charge in [-0.2, -0.15) is 0 Å². The average Bonchev–Trinajstić information content (AvgIpc) is 4.49. The number of aryl methyl sites for hydroxylation is 1. The van der Waals surface area contributed by atoms with E-state index >= 15 is 0 Å². The van der Waals surface area contributed by atoms with Crippen LogP contribution >= 0.6 is 22.7 Å². The predicted molar refractivity (Wildman–Crippen MR) is 307 cm³/mol.